The summed E-state index contributed by atoms with van der Waals surface area (Å²) in [5.41, 5.74) is 4.91. The Morgan fingerprint density at radius 1 is 1.29 bits per heavy atom. The van der Waals surface area contributed by atoms with Crippen LogP contribution in [-0.2, 0) is 9.59 Å². The third-order valence-corrected chi connectivity index (χ3v) is 1.95. The van der Waals surface area contributed by atoms with E-state index >= 15 is 0 Å². The van der Waals surface area contributed by atoms with Crippen molar-refractivity contribution in [3.63, 3.8) is 0 Å². The van der Waals surface area contributed by atoms with Gasteiger partial charge in [-0.15, -0.1) is 0 Å². The number of aliphatic carboxylic acids is 1. The largest absolute Gasteiger partial charge is 0.480 e. The second-order valence-corrected chi connectivity index (χ2v) is 4.14. The molecule has 0 saturated carbocycles. The van der Waals surface area contributed by atoms with E-state index in [1.54, 1.807) is 0 Å². The topological polar surface area (TPSA) is 122 Å². The number of rotatable bonds is 7. The first kappa shape index (κ1) is 15.2. The Morgan fingerprint density at radius 2 is 1.88 bits per heavy atom. The van der Waals surface area contributed by atoms with Crippen LogP contribution in [0.15, 0.2) is 0 Å². The van der Waals surface area contributed by atoms with Crippen molar-refractivity contribution in [2.45, 2.75) is 32.7 Å². The van der Waals surface area contributed by atoms with E-state index in [1.165, 1.54) is 0 Å². The highest BCUT2D eigenvalue weighted by atomic mass is 16.4. The number of hydrogen-bond donors (Lipinski definition) is 4. The Morgan fingerprint density at radius 3 is 2.29 bits per heavy atom. The lowest BCUT2D eigenvalue weighted by atomic mass is 10.1. The standard InChI is InChI=1S/C10H19N3O4/c1-6(2)5-12-10(17)13-7(9(15)16)3-4-8(11)14/h6-7H,3-5H2,1-2H3,(H2,11,14)(H,15,16)(H2,12,13,17). The van der Waals surface area contributed by atoms with E-state index in [9.17, 15) is 14.4 Å². The molecule has 0 aliphatic heterocycles. The van der Waals surface area contributed by atoms with Crippen LogP contribution >= 0.6 is 0 Å². The summed E-state index contributed by atoms with van der Waals surface area (Å²) in [4.78, 5) is 32.6. The van der Waals surface area contributed by atoms with E-state index in [0.717, 1.165) is 0 Å². The molecule has 0 aromatic heterocycles. The van der Waals surface area contributed by atoms with Crippen LogP contribution in [0.1, 0.15) is 26.7 Å². The molecule has 0 aromatic carbocycles. The number of carbonyl (C=O) groups excluding carboxylic acids is 2. The molecule has 1 unspecified atom stereocenters. The van der Waals surface area contributed by atoms with Gasteiger partial charge in [0.25, 0.3) is 0 Å². The molecule has 0 aromatic rings. The van der Waals surface area contributed by atoms with Crippen LogP contribution in [0.3, 0.4) is 0 Å². The van der Waals surface area contributed by atoms with E-state index in [2.05, 4.69) is 10.6 Å². The Hall–Kier alpha value is -1.79. The monoisotopic (exact) mass is 245 g/mol. The SMILES string of the molecule is CC(C)CNC(=O)NC(CCC(N)=O)C(=O)O. The summed E-state index contributed by atoms with van der Waals surface area (Å²) in [5, 5.41) is 13.6. The minimum Gasteiger partial charge on any atom is -0.480 e. The Kier molecular flexibility index (Phi) is 6.69. The van der Waals surface area contributed by atoms with Crippen molar-refractivity contribution in [3.05, 3.63) is 0 Å². The van der Waals surface area contributed by atoms with E-state index in [-0.39, 0.29) is 18.8 Å². The zero-order valence-corrected chi connectivity index (χ0v) is 10.0. The van der Waals surface area contributed by atoms with E-state index in [4.69, 9.17) is 10.8 Å². The molecule has 17 heavy (non-hydrogen) atoms. The smallest absolute Gasteiger partial charge is 0.326 e. The van der Waals surface area contributed by atoms with Gasteiger partial charge in [-0.1, -0.05) is 13.8 Å². The molecule has 0 aliphatic carbocycles. The highest BCUT2D eigenvalue weighted by Gasteiger charge is 2.20. The molecule has 7 nitrogen and oxygen atoms in total. The van der Waals surface area contributed by atoms with Gasteiger partial charge in [0, 0.05) is 13.0 Å². The van der Waals surface area contributed by atoms with Crippen LogP contribution < -0.4 is 16.4 Å². The summed E-state index contributed by atoms with van der Waals surface area (Å²) in [6.07, 6.45) is -0.0960. The first-order chi connectivity index (χ1) is 7.82. The zero-order valence-electron chi connectivity index (χ0n) is 10.0. The van der Waals surface area contributed by atoms with Crippen LogP contribution in [0.25, 0.3) is 0 Å². The second kappa shape index (κ2) is 7.48. The fraction of sp³-hybridized carbons (Fsp3) is 0.700. The van der Waals surface area contributed by atoms with Gasteiger partial charge in [-0.3, -0.25) is 4.79 Å². The maximum atomic E-state index is 11.3. The molecule has 0 radical (unpaired) electrons. The van der Waals surface area contributed by atoms with Crippen molar-refractivity contribution in [2.75, 3.05) is 6.54 Å². The summed E-state index contributed by atoms with van der Waals surface area (Å²) < 4.78 is 0. The van der Waals surface area contributed by atoms with Gasteiger partial charge in [-0.2, -0.15) is 0 Å². The molecule has 0 heterocycles. The minimum atomic E-state index is -1.19. The Bertz CT molecular complexity index is 291. The number of hydrogen-bond acceptors (Lipinski definition) is 3. The normalized spacial score (nSPS) is 11.9. The fourth-order valence-corrected chi connectivity index (χ4v) is 1.05. The molecule has 0 bridgehead atoms. The van der Waals surface area contributed by atoms with Gasteiger partial charge in [0.15, 0.2) is 0 Å². The highest BCUT2D eigenvalue weighted by Crippen LogP contribution is 1.97. The van der Waals surface area contributed by atoms with Gasteiger partial charge >= 0.3 is 12.0 Å². The molecule has 1 atom stereocenters. The summed E-state index contributed by atoms with van der Waals surface area (Å²) >= 11 is 0. The number of carbonyl (C=O) groups is 3. The van der Waals surface area contributed by atoms with Gasteiger partial charge in [-0.25, -0.2) is 9.59 Å². The zero-order chi connectivity index (χ0) is 13.4. The lowest BCUT2D eigenvalue weighted by Gasteiger charge is -2.15. The molecule has 0 aliphatic rings. The summed E-state index contributed by atoms with van der Waals surface area (Å²) in [6, 6.07) is -1.66. The summed E-state index contributed by atoms with van der Waals surface area (Å²) in [7, 11) is 0. The lowest BCUT2D eigenvalue weighted by molar-refractivity contribution is -0.139. The van der Waals surface area contributed by atoms with Crippen molar-refractivity contribution in [1.29, 1.82) is 0 Å². The van der Waals surface area contributed by atoms with Crippen LogP contribution in [0.5, 0.6) is 0 Å². The maximum Gasteiger partial charge on any atom is 0.326 e. The number of amides is 3. The molecule has 0 rings (SSSR count). The average Bonchev–Trinajstić information content (AvgIpc) is 2.20. The first-order valence-corrected chi connectivity index (χ1v) is 5.38. The van der Waals surface area contributed by atoms with Crippen LogP contribution in [-0.4, -0.2) is 35.6 Å². The molecule has 7 heteroatoms. The van der Waals surface area contributed by atoms with Gasteiger partial charge < -0.3 is 21.5 Å². The minimum absolute atomic E-state index is 0.0141. The van der Waals surface area contributed by atoms with Crippen molar-refractivity contribution >= 4 is 17.9 Å². The molecule has 98 valence electrons. The fourth-order valence-electron chi connectivity index (χ4n) is 1.05. The molecule has 0 spiro atoms. The van der Waals surface area contributed by atoms with Crippen molar-refractivity contribution in [2.24, 2.45) is 11.7 Å². The van der Waals surface area contributed by atoms with Gasteiger partial charge in [0.1, 0.15) is 6.04 Å². The molecule has 0 saturated heterocycles. The number of carboxylic acid groups (broad SMARTS) is 1. The predicted octanol–water partition coefficient (Wildman–Crippen LogP) is -0.340. The van der Waals surface area contributed by atoms with Gasteiger partial charge in [0.2, 0.25) is 5.91 Å². The highest BCUT2D eigenvalue weighted by molar-refractivity contribution is 5.83. The van der Waals surface area contributed by atoms with Crippen molar-refractivity contribution < 1.29 is 19.5 Å². The third kappa shape index (κ3) is 8.06. The maximum absolute atomic E-state index is 11.3. The van der Waals surface area contributed by atoms with E-state index < -0.39 is 23.9 Å². The number of primary amides is 1. The molecule has 3 amide bonds. The molecule has 0 fully saturated rings. The first-order valence-electron chi connectivity index (χ1n) is 5.38. The van der Waals surface area contributed by atoms with Crippen LogP contribution in [0, 0.1) is 5.92 Å². The molecular formula is C10H19N3O4. The molecular weight excluding hydrogens is 226 g/mol. The predicted molar refractivity (Wildman–Crippen MR) is 61.2 cm³/mol. The Labute approximate surface area is 99.7 Å². The quantitative estimate of drug-likeness (QED) is 0.490. The lowest BCUT2D eigenvalue weighted by Crippen LogP contribution is -2.47. The number of urea groups is 1. The van der Waals surface area contributed by atoms with Crippen LogP contribution in [0.4, 0.5) is 4.79 Å². The Balaban J connectivity index is 4.11. The van der Waals surface area contributed by atoms with Gasteiger partial charge in [-0.05, 0) is 12.3 Å². The third-order valence-electron chi connectivity index (χ3n) is 1.95. The molecule has 5 N–H and O–H groups in total. The van der Waals surface area contributed by atoms with Gasteiger partial charge in [0.05, 0.1) is 0 Å². The van der Waals surface area contributed by atoms with Crippen molar-refractivity contribution in [3.8, 4) is 0 Å². The van der Waals surface area contributed by atoms with Crippen molar-refractivity contribution in [1.82, 2.24) is 10.6 Å². The number of carboxylic acids is 1. The number of nitrogens with two attached hydrogens (primary N) is 1. The summed E-state index contributed by atoms with van der Waals surface area (Å²) in [5.74, 6) is -1.51. The van der Waals surface area contributed by atoms with Crippen LogP contribution in [0.2, 0.25) is 0 Å². The average molecular weight is 245 g/mol. The van der Waals surface area contributed by atoms with E-state index in [1.807, 2.05) is 13.8 Å². The second-order valence-electron chi connectivity index (χ2n) is 4.14. The van der Waals surface area contributed by atoms with E-state index in [0.29, 0.717) is 6.54 Å². The summed E-state index contributed by atoms with van der Waals surface area (Å²) in [6.45, 7) is 4.29. The number of nitrogens with one attached hydrogen (secondary N) is 2.